The Hall–Kier alpha value is -2.43. The molecule has 0 radical (unpaired) electrons. The van der Waals surface area contributed by atoms with E-state index in [2.05, 4.69) is 15.6 Å². The Morgan fingerprint density at radius 3 is 2.80 bits per heavy atom. The molecule has 1 aromatic carbocycles. The lowest BCUT2D eigenvalue weighted by molar-refractivity contribution is -0.114. The van der Waals surface area contributed by atoms with E-state index >= 15 is 0 Å². The van der Waals surface area contributed by atoms with Crippen LogP contribution in [0, 0.1) is 5.82 Å². The number of benzene rings is 1. The van der Waals surface area contributed by atoms with Crippen LogP contribution < -0.4 is 10.6 Å². The number of rotatable bonds is 4. The van der Waals surface area contributed by atoms with E-state index in [0.29, 0.717) is 5.69 Å². The predicted octanol–water partition coefficient (Wildman–Crippen LogP) is 3.35. The fourth-order valence-electron chi connectivity index (χ4n) is 1.87. The minimum Gasteiger partial charge on any atom is -0.361 e. The Morgan fingerprint density at radius 2 is 2.10 bits per heavy atom. The van der Waals surface area contributed by atoms with Crippen LogP contribution >= 0.6 is 0 Å². The zero-order chi connectivity index (χ0) is 14.5. The lowest BCUT2D eigenvalue weighted by Crippen LogP contribution is -2.11. The summed E-state index contributed by atoms with van der Waals surface area (Å²) in [4.78, 5) is 15.0. The number of nitrogens with zero attached hydrogens (tertiary/aromatic N) is 1. The number of hydrogen-bond donors (Lipinski definition) is 2. The van der Waals surface area contributed by atoms with Crippen molar-refractivity contribution in [3.8, 4) is 0 Å². The molecule has 0 spiro atoms. The Morgan fingerprint density at radius 1 is 1.30 bits per heavy atom. The molecule has 2 aromatic rings. The number of aromatic nitrogens is 1. The topological polar surface area (TPSA) is 54.0 Å². The molecule has 1 atom stereocenters. The molecule has 5 heteroatoms. The van der Waals surface area contributed by atoms with Crippen LogP contribution in [0.3, 0.4) is 0 Å². The molecule has 0 saturated heterocycles. The maximum Gasteiger partial charge on any atom is 0.221 e. The lowest BCUT2D eigenvalue weighted by atomic mass is 10.1. The summed E-state index contributed by atoms with van der Waals surface area (Å²) in [6, 6.07) is 10.2. The highest BCUT2D eigenvalue weighted by Gasteiger charge is 2.09. The molecule has 1 amide bonds. The number of hydrogen-bond acceptors (Lipinski definition) is 3. The molecule has 0 fully saturated rings. The Bertz CT molecular complexity index is 616. The molecule has 0 aliphatic heterocycles. The van der Waals surface area contributed by atoms with Gasteiger partial charge in [0, 0.05) is 18.8 Å². The monoisotopic (exact) mass is 273 g/mol. The van der Waals surface area contributed by atoms with Gasteiger partial charge in [0.05, 0.1) is 6.04 Å². The first-order chi connectivity index (χ1) is 9.56. The van der Waals surface area contributed by atoms with Gasteiger partial charge in [0.15, 0.2) is 11.6 Å². The first-order valence-corrected chi connectivity index (χ1v) is 6.31. The Labute approximate surface area is 117 Å². The van der Waals surface area contributed by atoms with Crippen LogP contribution in [0.4, 0.5) is 15.9 Å². The van der Waals surface area contributed by atoms with Crippen molar-refractivity contribution in [2.45, 2.75) is 19.9 Å². The molecule has 1 heterocycles. The molecule has 4 nitrogen and oxygen atoms in total. The average molecular weight is 273 g/mol. The number of nitrogens with one attached hydrogen (secondary N) is 2. The van der Waals surface area contributed by atoms with Crippen LogP contribution in [0.25, 0.3) is 0 Å². The molecule has 0 aliphatic carbocycles. The maximum absolute atomic E-state index is 13.5. The Balaban J connectivity index is 2.15. The second-order valence-corrected chi connectivity index (χ2v) is 4.51. The van der Waals surface area contributed by atoms with E-state index in [1.165, 1.54) is 19.2 Å². The van der Waals surface area contributed by atoms with Crippen molar-refractivity contribution in [3.63, 3.8) is 0 Å². The van der Waals surface area contributed by atoms with Gasteiger partial charge >= 0.3 is 0 Å². The SMILES string of the molecule is CC(=O)Nc1cccc(C(C)Nc2ncccc2F)c1. The third kappa shape index (κ3) is 3.54. The van der Waals surface area contributed by atoms with E-state index < -0.39 is 5.82 Å². The van der Waals surface area contributed by atoms with Crippen molar-refractivity contribution >= 4 is 17.4 Å². The van der Waals surface area contributed by atoms with Crippen LogP contribution in [0.5, 0.6) is 0 Å². The van der Waals surface area contributed by atoms with E-state index in [9.17, 15) is 9.18 Å². The van der Waals surface area contributed by atoms with E-state index in [1.54, 1.807) is 12.1 Å². The summed E-state index contributed by atoms with van der Waals surface area (Å²) in [6.45, 7) is 3.36. The first-order valence-electron chi connectivity index (χ1n) is 6.31. The van der Waals surface area contributed by atoms with Crippen LogP contribution in [0.2, 0.25) is 0 Å². The van der Waals surface area contributed by atoms with Gasteiger partial charge in [0.2, 0.25) is 5.91 Å². The molecular weight excluding hydrogens is 257 g/mol. The zero-order valence-electron chi connectivity index (χ0n) is 11.4. The minimum atomic E-state index is -0.391. The van der Waals surface area contributed by atoms with Gasteiger partial charge in [0.1, 0.15) is 0 Å². The smallest absolute Gasteiger partial charge is 0.221 e. The average Bonchev–Trinajstić information content (AvgIpc) is 2.41. The molecule has 104 valence electrons. The molecule has 1 aromatic heterocycles. The van der Waals surface area contributed by atoms with E-state index in [4.69, 9.17) is 0 Å². The fourth-order valence-corrected chi connectivity index (χ4v) is 1.87. The number of carbonyl (C=O) groups excluding carboxylic acids is 1. The molecule has 1 unspecified atom stereocenters. The molecular formula is C15H16FN3O. The standard InChI is InChI=1S/C15H16FN3O/c1-10(18-15-14(16)7-4-8-17-15)12-5-3-6-13(9-12)19-11(2)20/h3-10H,1-2H3,(H,17,18)(H,19,20). The summed E-state index contributed by atoms with van der Waals surface area (Å²) in [5, 5.41) is 5.73. The van der Waals surface area contributed by atoms with Crippen molar-refractivity contribution in [2.75, 3.05) is 10.6 Å². The molecule has 2 rings (SSSR count). The van der Waals surface area contributed by atoms with Crippen molar-refractivity contribution in [1.29, 1.82) is 0 Å². The number of pyridine rings is 1. The highest BCUT2D eigenvalue weighted by molar-refractivity contribution is 5.88. The van der Waals surface area contributed by atoms with Gasteiger partial charge in [-0.05, 0) is 36.8 Å². The number of amides is 1. The van der Waals surface area contributed by atoms with Gasteiger partial charge in [-0.3, -0.25) is 4.79 Å². The Kier molecular flexibility index (Phi) is 4.30. The highest BCUT2D eigenvalue weighted by atomic mass is 19.1. The zero-order valence-corrected chi connectivity index (χ0v) is 11.4. The van der Waals surface area contributed by atoms with E-state index in [-0.39, 0.29) is 17.8 Å². The summed E-state index contributed by atoms with van der Waals surface area (Å²) in [5.41, 5.74) is 1.64. The predicted molar refractivity (Wildman–Crippen MR) is 77.0 cm³/mol. The van der Waals surface area contributed by atoms with Gasteiger partial charge in [-0.25, -0.2) is 9.37 Å². The van der Waals surface area contributed by atoms with Gasteiger partial charge in [0.25, 0.3) is 0 Å². The van der Waals surface area contributed by atoms with Crippen molar-refractivity contribution < 1.29 is 9.18 Å². The van der Waals surface area contributed by atoms with Gasteiger partial charge in [-0.2, -0.15) is 0 Å². The number of anilines is 2. The van der Waals surface area contributed by atoms with Crippen molar-refractivity contribution in [3.05, 3.63) is 54.0 Å². The molecule has 20 heavy (non-hydrogen) atoms. The molecule has 0 saturated carbocycles. The number of halogens is 1. The van der Waals surface area contributed by atoms with Crippen LogP contribution in [0.1, 0.15) is 25.5 Å². The lowest BCUT2D eigenvalue weighted by Gasteiger charge is -2.16. The highest BCUT2D eigenvalue weighted by Crippen LogP contribution is 2.22. The second-order valence-electron chi connectivity index (χ2n) is 4.51. The molecule has 0 aliphatic rings. The summed E-state index contributed by atoms with van der Waals surface area (Å²) in [5.74, 6) is -0.305. The quantitative estimate of drug-likeness (QED) is 0.898. The van der Waals surface area contributed by atoms with E-state index in [0.717, 1.165) is 5.56 Å². The largest absolute Gasteiger partial charge is 0.361 e. The summed E-state index contributed by atoms with van der Waals surface area (Å²) >= 11 is 0. The van der Waals surface area contributed by atoms with Crippen LogP contribution in [-0.4, -0.2) is 10.9 Å². The van der Waals surface area contributed by atoms with Gasteiger partial charge in [-0.15, -0.1) is 0 Å². The summed E-state index contributed by atoms with van der Waals surface area (Å²) < 4.78 is 13.5. The first kappa shape index (κ1) is 14.0. The second kappa shape index (κ2) is 6.14. The molecule has 0 bridgehead atoms. The summed E-state index contributed by atoms with van der Waals surface area (Å²) in [7, 11) is 0. The molecule has 2 N–H and O–H groups in total. The third-order valence-corrected chi connectivity index (χ3v) is 2.82. The van der Waals surface area contributed by atoms with Crippen molar-refractivity contribution in [1.82, 2.24) is 4.98 Å². The third-order valence-electron chi connectivity index (χ3n) is 2.82. The normalized spacial score (nSPS) is 11.8. The van der Waals surface area contributed by atoms with Gasteiger partial charge in [-0.1, -0.05) is 12.1 Å². The number of carbonyl (C=O) groups is 1. The van der Waals surface area contributed by atoms with Crippen LogP contribution in [0.15, 0.2) is 42.6 Å². The van der Waals surface area contributed by atoms with E-state index in [1.807, 2.05) is 25.1 Å². The van der Waals surface area contributed by atoms with Gasteiger partial charge < -0.3 is 10.6 Å². The van der Waals surface area contributed by atoms with Crippen molar-refractivity contribution in [2.24, 2.45) is 0 Å². The van der Waals surface area contributed by atoms with Crippen LogP contribution in [-0.2, 0) is 4.79 Å². The summed E-state index contributed by atoms with van der Waals surface area (Å²) in [6.07, 6.45) is 1.53. The maximum atomic E-state index is 13.5. The minimum absolute atomic E-state index is 0.126. The fraction of sp³-hybridized carbons (Fsp3) is 0.200.